The van der Waals surface area contributed by atoms with E-state index in [2.05, 4.69) is 35.3 Å². The number of nitrogens with one attached hydrogen (secondary N) is 1. The van der Waals surface area contributed by atoms with E-state index in [1.165, 1.54) is 11.3 Å². The maximum Gasteiger partial charge on any atom is 0.317 e. The number of carbonyl (C=O) groups is 1. The minimum absolute atomic E-state index is 0.00918. The number of piperazine rings is 1. The van der Waals surface area contributed by atoms with Crippen LogP contribution in [-0.4, -0.2) is 50.3 Å². The second-order valence-corrected chi connectivity index (χ2v) is 6.35. The van der Waals surface area contributed by atoms with Crippen molar-refractivity contribution >= 4 is 11.7 Å². The van der Waals surface area contributed by atoms with Gasteiger partial charge >= 0.3 is 6.03 Å². The normalized spacial score (nSPS) is 14.2. The number of urea groups is 1. The SMILES string of the molecule is CCc1ccccc1OCCNC(=O)N1CCN(c2ccccc2)CC1. The van der Waals surface area contributed by atoms with Crippen molar-refractivity contribution in [2.75, 3.05) is 44.2 Å². The van der Waals surface area contributed by atoms with Crippen LogP contribution in [0.2, 0.25) is 0 Å². The fraction of sp³-hybridized carbons (Fsp3) is 0.381. The first-order valence-corrected chi connectivity index (χ1v) is 9.31. The molecule has 2 aromatic rings. The van der Waals surface area contributed by atoms with Crippen LogP contribution in [0.5, 0.6) is 5.75 Å². The lowest BCUT2D eigenvalue weighted by atomic mass is 10.1. The van der Waals surface area contributed by atoms with Crippen molar-refractivity contribution in [2.24, 2.45) is 0 Å². The van der Waals surface area contributed by atoms with Crippen LogP contribution in [0.15, 0.2) is 54.6 Å². The average Bonchev–Trinajstić information content (AvgIpc) is 2.72. The van der Waals surface area contributed by atoms with Crippen molar-refractivity contribution in [3.05, 3.63) is 60.2 Å². The summed E-state index contributed by atoms with van der Waals surface area (Å²) in [7, 11) is 0. The minimum Gasteiger partial charge on any atom is -0.491 e. The van der Waals surface area contributed by atoms with Gasteiger partial charge < -0.3 is 19.9 Å². The molecule has 1 fully saturated rings. The van der Waals surface area contributed by atoms with Gasteiger partial charge in [0.15, 0.2) is 0 Å². The van der Waals surface area contributed by atoms with Gasteiger partial charge in [-0.2, -0.15) is 0 Å². The summed E-state index contributed by atoms with van der Waals surface area (Å²) in [5.41, 5.74) is 2.41. The number of rotatable bonds is 6. The summed E-state index contributed by atoms with van der Waals surface area (Å²) in [5.74, 6) is 0.903. The number of ether oxygens (including phenoxy) is 1. The molecule has 0 saturated carbocycles. The van der Waals surface area contributed by atoms with Crippen LogP contribution in [0.4, 0.5) is 10.5 Å². The molecule has 26 heavy (non-hydrogen) atoms. The molecule has 138 valence electrons. The molecule has 0 unspecified atom stereocenters. The highest BCUT2D eigenvalue weighted by atomic mass is 16.5. The van der Waals surface area contributed by atoms with Crippen LogP contribution < -0.4 is 15.0 Å². The first kappa shape index (κ1) is 18.1. The molecule has 0 bridgehead atoms. The number of aryl methyl sites for hydroxylation is 1. The highest BCUT2D eigenvalue weighted by molar-refractivity contribution is 5.74. The summed E-state index contributed by atoms with van der Waals surface area (Å²) in [4.78, 5) is 16.5. The van der Waals surface area contributed by atoms with Gasteiger partial charge in [-0.25, -0.2) is 4.79 Å². The highest BCUT2D eigenvalue weighted by Crippen LogP contribution is 2.18. The third-order valence-electron chi connectivity index (χ3n) is 4.68. The lowest BCUT2D eigenvalue weighted by molar-refractivity contribution is 0.191. The second kappa shape index (κ2) is 9.13. The smallest absolute Gasteiger partial charge is 0.317 e. The van der Waals surface area contributed by atoms with E-state index in [-0.39, 0.29) is 6.03 Å². The van der Waals surface area contributed by atoms with E-state index in [0.717, 1.165) is 38.3 Å². The maximum atomic E-state index is 12.3. The molecule has 0 radical (unpaired) electrons. The van der Waals surface area contributed by atoms with Crippen molar-refractivity contribution in [1.29, 1.82) is 0 Å². The van der Waals surface area contributed by atoms with Gasteiger partial charge in [0.2, 0.25) is 0 Å². The Morgan fingerprint density at radius 3 is 2.42 bits per heavy atom. The monoisotopic (exact) mass is 353 g/mol. The highest BCUT2D eigenvalue weighted by Gasteiger charge is 2.20. The first-order valence-electron chi connectivity index (χ1n) is 9.31. The Bertz CT molecular complexity index is 697. The van der Waals surface area contributed by atoms with Gasteiger partial charge in [0.05, 0.1) is 6.54 Å². The van der Waals surface area contributed by atoms with E-state index < -0.39 is 0 Å². The molecule has 0 spiro atoms. The van der Waals surface area contributed by atoms with Crippen LogP contribution in [-0.2, 0) is 6.42 Å². The van der Waals surface area contributed by atoms with E-state index in [0.29, 0.717) is 13.2 Å². The van der Waals surface area contributed by atoms with Crippen molar-refractivity contribution in [3.8, 4) is 5.75 Å². The fourth-order valence-electron chi connectivity index (χ4n) is 3.17. The summed E-state index contributed by atoms with van der Waals surface area (Å²) in [6.45, 7) is 6.29. The number of carbonyl (C=O) groups excluding carboxylic acids is 1. The Hall–Kier alpha value is -2.69. The lowest BCUT2D eigenvalue weighted by Gasteiger charge is -2.36. The van der Waals surface area contributed by atoms with Crippen molar-refractivity contribution in [2.45, 2.75) is 13.3 Å². The zero-order valence-corrected chi connectivity index (χ0v) is 15.4. The minimum atomic E-state index is -0.00918. The number of anilines is 1. The molecule has 0 atom stereocenters. The molecular formula is C21H27N3O2. The molecule has 2 aromatic carbocycles. The van der Waals surface area contributed by atoms with Crippen LogP contribution in [0, 0.1) is 0 Å². The Kier molecular flexibility index (Phi) is 6.36. The van der Waals surface area contributed by atoms with Crippen LogP contribution in [0.1, 0.15) is 12.5 Å². The molecule has 1 N–H and O–H groups in total. The van der Waals surface area contributed by atoms with E-state index in [1.54, 1.807) is 0 Å². The summed E-state index contributed by atoms with van der Waals surface area (Å²) in [5, 5.41) is 2.96. The molecule has 1 aliphatic heterocycles. The molecule has 1 saturated heterocycles. The largest absolute Gasteiger partial charge is 0.491 e. The molecule has 2 amide bonds. The molecule has 5 nitrogen and oxygen atoms in total. The fourth-order valence-corrected chi connectivity index (χ4v) is 3.17. The summed E-state index contributed by atoms with van der Waals surface area (Å²) < 4.78 is 5.80. The number of benzene rings is 2. The summed E-state index contributed by atoms with van der Waals surface area (Å²) >= 11 is 0. The van der Waals surface area contributed by atoms with Gasteiger partial charge in [0.1, 0.15) is 12.4 Å². The van der Waals surface area contributed by atoms with Gasteiger partial charge in [0, 0.05) is 31.9 Å². The molecule has 0 aliphatic carbocycles. The Morgan fingerprint density at radius 2 is 1.69 bits per heavy atom. The number of para-hydroxylation sites is 2. The van der Waals surface area contributed by atoms with E-state index >= 15 is 0 Å². The van der Waals surface area contributed by atoms with E-state index in [9.17, 15) is 4.79 Å². The zero-order chi connectivity index (χ0) is 18.2. The van der Waals surface area contributed by atoms with Crippen molar-refractivity contribution in [1.82, 2.24) is 10.2 Å². The lowest BCUT2D eigenvalue weighted by Crippen LogP contribution is -2.52. The number of nitrogens with zero attached hydrogens (tertiary/aromatic N) is 2. The zero-order valence-electron chi connectivity index (χ0n) is 15.4. The van der Waals surface area contributed by atoms with E-state index in [1.807, 2.05) is 41.3 Å². The Morgan fingerprint density at radius 1 is 1.00 bits per heavy atom. The van der Waals surface area contributed by atoms with Gasteiger partial charge in [-0.15, -0.1) is 0 Å². The predicted octanol–water partition coefficient (Wildman–Crippen LogP) is 3.16. The first-order chi connectivity index (χ1) is 12.8. The predicted molar refractivity (Wildman–Crippen MR) is 105 cm³/mol. The van der Waals surface area contributed by atoms with Gasteiger partial charge in [-0.05, 0) is 30.2 Å². The number of hydrogen-bond acceptors (Lipinski definition) is 3. The standard InChI is InChI=1S/C21H27N3O2/c1-2-18-8-6-7-11-20(18)26-17-12-22-21(25)24-15-13-23(14-16-24)19-9-4-3-5-10-19/h3-11H,2,12-17H2,1H3,(H,22,25). The molecule has 1 aliphatic rings. The van der Waals surface area contributed by atoms with Gasteiger partial charge in [0.25, 0.3) is 0 Å². The molecule has 3 rings (SSSR count). The van der Waals surface area contributed by atoms with Crippen LogP contribution >= 0.6 is 0 Å². The van der Waals surface area contributed by atoms with Gasteiger partial charge in [-0.3, -0.25) is 0 Å². The van der Waals surface area contributed by atoms with Crippen LogP contribution in [0.3, 0.4) is 0 Å². The maximum absolute atomic E-state index is 12.3. The number of amides is 2. The third kappa shape index (κ3) is 4.69. The quantitative estimate of drug-likeness (QED) is 0.812. The Balaban J connectivity index is 1.38. The van der Waals surface area contributed by atoms with Crippen molar-refractivity contribution in [3.63, 3.8) is 0 Å². The summed E-state index contributed by atoms with van der Waals surface area (Å²) in [6.07, 6.45) is 0.939. The van der Waals surface area contributed by atoms with Crippen molar-refractivity contribution < 1.29 is 9.53 Å². The average molecular weight is 353 g/mol. The molecule has 5 heteroatoms. The molecular weight excluding hydrogens is 326 g/mol. The topological polar surface area (TPSA) is 44.8 Å². The van der Waals surface area contributed by atoms with E-state index in [4.69, 9.17) is 4.74 Å². The molecule has 0 aromatic heterocycles. The third-order valence-corrected chi connectivity index (χ3v) is 4.68. The van der Waals surface area contributed by atoms with Gasteiger partial charge in [-0.1, -0.05) is 43.3 Å². The number of hydrogen-bond donors (Lipinski definition) is 1. The second-order valence-electron chi connectivity index (χ2n) is 6.35. The Labute approximate surface area is 155 Å². The van der Waals surface area contributed by atoms with Crippen LogP contribution in [0.25, 0.3) is 0 Å². The summed E-state index contributed by atoms with van der Waals surface area (Å²) in [6, 6.07) is 18.4. The molecule has 1 heterocycles.